The van der Waals surface area contributed by atoms with Crippen molar-refractivity contribution in [2.24, 2.45) is 5.41 Å². The molecule has 1 atom stereocenters. The van der Waals surface area contributed by atoms with Crippen LogP contribution in [0.2, 0.25) is 0 Å². The van der Waals surface area contributed by atoms with Gasteiger partial charge < -0.3 is 14.3 Å². The fourth-order valence-corrected chi connectivity index (χ4v) is 1.77. The minimum Gasteiger partial charge on any atom is -0.481 e. The molecule has 76 valence electrons. The topological polar surface area (TPSA) is 59.7 Å². The Labute approximate surface area is 81.5 Å². The van der Waals surface area contributed by atoms with E-state index in [2.05, 4.69) is 0 Å². The minimum atomic E-state index is -0.781. The normalized spacial score (nSPS) is 26.6. The van der Waals surface area contributed by atoms with E-state index in [1.165, 1.54) is 0 Å². The summed E-state index contributed by atoms with van der Waals surface area (Å²) < 4.78 is 10.1. The van der Waals surface area contributed by atoms with E-state index in [1.807, 2.05) is 0 Å². The molecule has 0 radical (unpaired) electrons. The number of carboxylic acid groups (broad SMARTS) is 1. The van der Waals surface area contributed by atoms with E-state index in [1.54, 1.807) is 18.6 Å². The van der Waals surface area contributed by atoms with Crippen molar-refractivity contribution in [2.45, 2.75) is 12.8 Å². The first-order valence-electron chi connectivity index (χ1n) is 4.55. The van der Waals surface area contributed by atoms with Gasteiger partial charge in [0.05, 0.1) is 24.5 Å². The number of hydrogen-bond acceptors (Lipinski definition) is 3. The lowest BCUT2D eigenvalue weighted by molar-refractivity contribution is -0.148. The second kappa shape index (κ2) is 3.46. The highest BCUT2D eigenvalue weighted by Crippen LogP contribution is 2.33. The fraction of sp³-hybridized carbons (Fsp3) is 0.500. The van der Waals surface area contributed by atoms with Crippen LogP contribution in [-0.2, 0) is 16.0 Å². The number of rotatable bonds is 3. The maximum atomic E-state index is 11.1. The zero-order valence-corrected chi connectivity index (χ0v) is 7.73. The summed E-state index contributed by atoms with van der Waals surface area (Å²) in [6.45, 7) is 0.831. The van der Waals surface area contributed by atoms with Gasteiger partial charge in [-0.25, -0.2) is 0 Å². The van der Waals surface area contributed by atoms with Crippen LogP contribution in [-0.4, -0.2) is 24.3 Å². The van der Waals surface area contributed by atoms with Gasteiger partial charge >= 0.3 is 5.97 Å². The number of aliphatic carboxylic acids is 1. The smallest absolute Gasteiger partial charge is 0.312 e. The van der Waals surface area contributed by atoms with Gasteiger partial charge in [-0.15, -0.1) is 0 Å². The summed E-state index contributed by atoms with van der Waals surface area (Å²) in [5.41, 5.74) is 0.169. The van der Waals surface area contributed by atoms with Gasteiger partial charge in [0.25, 0.3) is 0 Å². The molecule has 1 aliphatic heterocycles. The van der Waals surface area contributed by atoms with Crippen LogP contribution in [0, 0.1) is 5.41 Å². The molecule has 1 aliphatic rings. The van der Waals surface area contributed by atoms with Gasteiger partial charge in [-0.2, -0.15) is 0 Å². The molecule has 4 nitrogen and oxygen atoms in total. The van der Waals surface area contributed by atoms with E-state index < -0.39 is 11.4 Å². The van der Waals surface area contributed by atoms with Crippen LogP contribution in [0.25, 0.3) is 0 Å². The van der Waals surface area contributed by atoms with Crippen molar-refractivity contribution in [3.8, 4) is 0 Å². The lowest BCUT2D eigenvalue weighted by Crippen LogP contribution is -2.33. The number of carbonyl (C=O) groups is 1. The zero-order valence-electron chi connectivity index (χ0n) is 7.73. The first-order valence-corrected chi connectivity index (χ1v) is 4.55. The third-order valence-corrected chi connectivity index (χ3v) is 2.68. The van der Waals surface area contributed by atoms with Gasteiger partial charge in [-0.05, 0) is 24.5 Å². The Morgan fingerprint density at radius 1 is 1.64 bits per heavy atom. The maximum Gasteiger partial charge on any atom is 0.312 e. The molecular formula is C10H12O4. The van der Waals surface area contributed by atoms with Gasteiger partial charge in [0, 0.05) is 6.61 Å². The van der Waals surface area contributed by atoms with E-state index in [-0.39, 0.29) is 0 Å². The zero-order chi connectivity index (χ0) is 10.0. The molecule has 1 aromatic heterocycles. The van der Waals surface area contributed by atoms with Crippen LogP contribution in [0.1, 0.15) is 12.0 Å². The van der Waals surface area contributed by atoms with Crippen LogP contribution in [0.3, 0.4) is 0 Å². The van der Waals surface area contributed by atoms with Crippen molar-refractivity contribution < 1.29 is 19.1 Å². The van der Waals surface area contributed by atoms with Gasteiger partial charge in [-0.1, -0.05) is 0 Å². The Kier molecular flexibility index (Phi) is 2.29. The minimum absolute atomic E-state index is 0.299. The van der Waals surface area contributed by atoms with Crippen molar-refractivity contribution in [1.29, 1.82) is 0 Å². The predicted octanol–water partition coefficient (Wildman–Crippen LogP) is 1.31. The lowest BCUT2D eigenvalue weighted by Gasteiger charge is -2.20. The largest absolute Gasteiger partial charge is 0.481 e. The molecule has 0 spiro atoms. The first kappa shape index (κ1) is 9.27. The summed E-state index contributed by atoms with van der Waals surface area (Å²) >= 11 is 0. The highest BCUT2D eigenvalue weighted by Gasteiger charge is 2.42. The molecule has 1 unspecified atom stereocenters. The molecule has 0 aromatic carbocycles. The quantitative estimate of drug-likeness (QED) is 0.791. The molecule has 14 heavy (non-hydrogen) atoms. The Balaban J connectivity index is 2.16. The van der Waals surface area contributed by atoms with Crippen molar-refractivity contribution >= 4 is 5.97 Å². The molecule has 2 rings (SSSR count). The number of hydrogen-bond donors (Lipinski definition) is 1. The number of ether oxygens (including phenoxy) is 1. The third-order valence-electron chi connectivity index (χ3n) is 2.68. The van der Waals surface area contributed by atoms with Crippen molar-refractivity contribution in [3.63, 3.8) is 0 Å². The Bertz CT molecular complexity index is 309. The van der Waals surface area contributed by atoms with Gasteiger partial charge in [0.2, 0.25) is 0 Å². The van der Waals surface area contributed by atoms with Crippen molar-refractivity contribution in [3.05, 3.63) is 24.2 Å². The number of carboxylic acids is 1. The summed E-state index contributed by atoms with van der Waals surface area (Å²) in [7, 11) is 0. The molecule has 0 bridgehead atoms. The Morgan fingerprint density at radius 3 is 3.00 bits per heavy atom. The summed E-state index contributed by atoms with van der Waals surface area (Å²) in [4.78, 5) is 11.1. The highest BCUT2D eigenvalue weighted by atomic mass is 16.5. The van der Waals surface area contributed by atoms with E-state index in [4.69, 9.17) is 14.3 Å². The fourth-order valence-electron chi connectivity index (χ4n) is 1.77. The van der Waals surface area contributed by atoms with Crippen LogP contribution < -0.4 is 0 Å². The molecule has 4 heteroatoms. The molecular weight excluding hydrogens is 184 g/mol. The van der Waals surface area contributed by atoms with E-state index >= 15 is 0 Å². The third kappa shape index (κ3) is 1.53. The van der Waals surface area contributed by atoms with Crippen LogP contribution >= 0.6 is 0 Å². The van der Waals surface area contributed by atoms with E-state index in [0.717, 1.165) is 5.56 Å². The molecule has 0 saturated carbocycles. The SMILES string of the molecule is O=C(O)C1(Cc2ccoc2)CCOC1. The second-order valence-electron chi connectivity index (χ2n) is 3.70. The second-order valence-corrected chi connectivity index (χ2v) is 3.70. The Morgan fingerprint density at radius 2 is 2.50 bits per heavy atom. The molecule has 0 amide bonds. The summed E-state index contributed by atoms with van der Waals surface area (Å²) in [5, 5.41) is 9.15. The molecule has 1 saturated heterocycles. The van der Waals surface area contributed by atoms with Gasteiger partial charge in [-0.3, -0.25) is 4.79 Å². The molecule has 0 aliphatic carbocycles. The van der Waals surface area contributed by atoms with Crippen LogP contribution in [0.5, 0.6) is 0 Å². The first-order chi connectivity index (χ1) is 6.73. The summed E-state index contributed by atoms with van der Waals surface area (Å²) in [5.74, 6) is -0.781. The van der Waals surface area contributed by atoms with Crippen LogP contribution in [0.4, 0.5) is 0 Å². The lowest BCUT2D eigenvalue weighted by atomic mass is 9.82. The van der Waals surface area contributed by atoms with E-state index in [9.17, 15) is 4.79 Å². The average molecular weight is 196 g/mol. The Hall–Kier alpha value is -1.29. The molecule has 1 N–H and O–H groups in total. The summed E-state index contributed by atoms with van der Waals surface area (Å²) in [6, 6.07) is 1.79. The average Bonchev–Trinajstić information content (AvgIpc) is 2.76. The van der Waals surface area contributed by atoms with Crippen molar-refractivity contribution in [2.75, 3.05) is 13.2 Å². The molecule has 1 aromatic rings. The van der Waals surface area contributed by atoms with Crippen molar-refractivity contribution in [1.82, 2.24) is 0 Å². The monoisotopic (exact) mass is 196 g/mol. The summed E-state index contributed by atoms with van der Waals surface area (Å²) in [6.07, 6.45) is 4.20. The highest BCUT2D eigenvalue weighted by molar-refractivity contribution is 5.75. The van der Waals surface area contributed by atoms with Gasteiger partial charge in [0.15, 0.2) is 0 Å². The maximum absolute atomic E-state index is 11.1. The van der Waals surface area contributed by atoms with Gasteiger partial charge in [0.1, 0.15) is 0 Å². The van der Waals surface area contributed by atoms with Crippen LogP contribution in [0.15, 0.2) is 23.0 Å². The molecule has 2 heterocycles. The number of furan rings is 1. The molecule has 1 fully saturated rings. The standard InChI is InChI=1S/C10H12O4/c11-9(12)10(2-4-14-7-10)5-8-1-3-13-6-8/h1,3,6H,2,4-5,7H2,(H,11,12). The predicted molar refractivity (Wildman–Crippen MR) is 47.9 cm³/mol. The van der Waals surface area contributed by atoms with E-state index in [0.29, 0.717) is 26.1 Å².